The first-order chi connectivity index (χ1) is 8.42. The van der Waals surface area contributed by atoms with Crippen LogP contribution in [0.25, 0.3) is 11.4 Å². The van der Waals surface area contributed by atoms with Crippen LogP contribution in [-0.4, -0.2) is 23.1 Å². The molecule has 0 spiro atoms. The Kier molecular flexibility index (Phi) is 4.16. The number of nitrogens with zero attached hydrogens (tertiary/aromatic N) is 1. The van der Waals surface area contributed by atoms with Crippen LogP contribution in [0.2, 0.25) is 0 Å². The lowest BCUT2D eigenvalue weighted by atomic mass is 10.2. The summed E-state index contributed by atoms with van der Waals surface area (Å²) in [5, 5.41) is 0. The molecule has 0 saturated heterocycles. The number of H-pyrrole nitrogens is 1. The molecule has 0 radical (unpaired) electrons. The Bertz CT molecular complexity index is 440. The van der Waals surface area contributed by atoms with Crippen molar-refractivity contribution in [3.63, 3.8) is 0 Å². The number of rotatable bonds is 6. The van der Waals surface area contributed by atoms with Gasteiger partial charge in [0.05, 0.1) is 12.2 Å². The Labute approximate surface area is 101 Å². The molecule has 0 aliphatic rings. The fourth-order valence-corrected chi connectivity index (χ4v) is 1.63. The zero-order chi connectivity index (χ0) is 11.9. The van der Waals surface area contributed by atoms with Gasteiger partial charge in [-0.2, -0.15) is 0 Å². The number of nitrogens with one attached hydrogen (secondary N) is 1. The average molecular weight is 231 g/mol. The number of nitrogens with two attached hydrogens (primary N) is 1. The predicted molar refractivity (Wildman–Crippen MR) is 67.8 cm³/mol. The minimum atomic E-state index is 0.689. The summed E-state index contributed by atoms with van der Waals surface area (Å²) in [7, 11) is 0. The molecule has 0 amide bonds. The molecule has 0 bridgehead atoms. The lowest BCUT2D eigenvalue weighted by Crippen LogP contribution is -2.04. The van der Waals surface area contributed by atoms with Crippen LogP contribution >= 0.6 is 0 Å². The van der Waals surface area contributed by atoms with E-state index in [9.17, 15) is 0 Å². The predicted octanol–water partition coefficient (Wildman–Crippen LogP) is 2.19. The van der Waals surface area contributed by atoms with Gasteiger partial charge in [-0.15, -0.1) is 0 Å². The molecule has 1 aromatic heterocycles. The molecule has 0 atom stereocenters. The highest BCUT2D eigenvalue weighted by Crippen LogP contribution is 2.26. The van der Waals surface area contributed by atoms with E-state index in [0.717, 1.165) is 30.0 Å². The van der Waals surface area contributed by atoms with E-state index in [1.54, 1.807) is 12.4 Å². The van der Waals surface area contributed by atoms with E-state index >= 15 is 0 Å². The number of imidazole rings is 1. The minimum Gasteiger partial charge on any atom is -0.493 e. The third-order valence-electron chi connectivity index (χ3n) is 2.50. The third-order valence-corrected chi connectivity index (χ3v) is 2.50. The maximum absolute atomic E-state index is 5.75. The van der Waals surface area contributed by atoms with Crippen LogP contribution in [0.4, 0.5) is 0 Å². The molecular weight excluding hydrogens is 214 g/mol. The molecule has 0 aliphatic heterocycles. The molecule has 1 heterocycles. The molecule has 0 saturated carbocycles. The second kappa shape index (κ2) is 6.06. The zero-order valence-corrected chi connectivity index (χ0v) is 9.73. The topological polar surface area (TPSA) is 63.9 Å². The summed E-state index contributed by atoms with van der Waals surface area (Å²) in [6, 6.07) is 7.90. The fraction of sp³-hybridized carbons (Fsp3) is 0.308. The highest BCUT2D eigenvalue weighted by Gasteiger charge is 2.06. The van der Waals surface area contributed by atoms with Gasteiger partial charge in [0.15, 0.2) is 0 Å². The number of ether oxygens (including phenoxy) is 1. The number of hydrogen-bond acceptors (Lipinski definition) is 3. The first-order valence-electron chi connectivity index (χ1n) is 5.83. The summed E-state index contributed by atoms with van der Waals surface area (Å²) >= 11 is 0. The minimum absolute atomic E-state index is 0.689. The lowest BCUT2D eigenvalue weighted by Gasteiger charge is -2.09. The van der Waals surface area contributed by atoms with Crippen LogP contribution in [0.1, 0.15) is 12.8 Å². The second-order valence-corrected chi connectivity index (χ2v) is 3.78. The number of aromatic nitrogens is 2. The van der Waals surface area contributed by atoms with Crippen molar-refractivity contribution in [1.82, 2.24) is 9.97 Å². The Balaban J connectivity index is 2.06. The number of aromatic amines is 1. The molecule has 1 aromatic carbocycles. The first-order valence-corrected chi connectivity index (χ1v) is 5.83. The van der Waals surface area contributed by atoms with Crippen LogP contribution in [0.3, 0.4) is 0 Å². The summed E-state index contributed by atoms with van der Waals surface area (Å²) in [4.78, 5) is 7.32. The molecule has 0 fully saturated rings. The summed E-state index contributed by atoms with van der Waals surface area (Å²) in [6.45, 7) is 1.40. The van der Waals surface area contributed by atoms with Crippen molar-refractivity contribution in [3.8, 4) is 17.1 Å². The summed E-state index contributed by atoms with van der Waals surface area (Å²) in [6.07, 6.45) is 5.51. The van der Waals surface area contributed by atoms with Gasteiger partial charge in [0, 0.05) is 12.4 Å². The smallest absolute Gasteiger partial charge is 0.141 e. The van der Waals surface area contributed by atoms with Crippen molar-refractivity contribution in [1.29, 1.82) is 0 Å². The largest absolute Gasteiger partial charge is 0.493 e. The first kappa shape index (κ1) is 11.7. The van der Waals surface area contributed by atoms with Crippen molar-refractivity contribution in [3.05, 3.63) is 36.7 Å². The Hall–Kier alpha value is -1.81. The number of hydrogen-bond donors (Lipinski definition) is 2. The maximum atomic E-state index is 5.75. The molecule has 0 unspecified atom stereocenters. The van der Waals surface area contributed by atoms with E-state index in [-0.39, 0.29) is 0 Å². The van der Waals surface area contributed by atoms with Crippen molar-refractivity contribution < 1.29 is 4.74 Å². The van der Waals surface area contributed by atoms with Crippen LogP contribution in [0.15, 0.2) is 36.7 Å². The van der Waals surface area contributed by atoms with Crippen LogP contribution in [0.5, 0.6) is 5.75 Å². The van der Waals surface area contributed by atoms with Gasteiger partial charge < -0.3 is 15.5 Å². The molecule has 4 nitrogen and oxygen atoms in total. The SMILES string of the molecule is NCCCCOc1ccccc1-c1ncc[nH]1. The lowest BCUT2D eigenvalue weighted by molar-refractivity contribution is 0.309. The van der Waals surface area contributed by atoms with E-state index in [1.165, 1.54) is 0 Å². The number of benzene rings is 1. The van der Waals surface area contributed by atoms with E-state index in [0.29, 0.717) is 13.2 Å². The van der Waals surface area contributed by atoms with Gasteiger partial charge >= 0.3 is 0 Å². The standard InChI is InChI=1S/C13H17N3O/c14-7-3-4-10-17-12-6-2-1-5-11(12)13-15-8-9-16-13/h1-2,5-6,8-9H,3-4,7,10,14H2,(H,15,16). The quantitative estimate of drug-likeness (QED) is 0.749. The monoisotopic (exact) mass is 231 g/mol. The highest BCUT2D eigenvalue weighted by molar-refractivity contribution is 5.63. The number of para-hydroxylation sites is 1. The van der Waals surface area contributed by atoms with Gasteiger partial charge in [-0.3, -0.25) is 0 Å². The molecule has 3 N–H and O–H groups in total. The van der Waals surface area contributed by atoms with E-state index in [1.807, 2.05) is 24.3 Å². The van der Waals surface area contributed by atoms with Crippen molar-refractivity contribution in [2.24, 2.45) is 5.73 Å². The van der Waals surface area contributed by atoms with Crippen molar-refractivity contribution in [2.45, 2.75) is 12.8 Å². The average Bonchev–Trinajstić information content (AvgIpc) is 2.89. The summed E-state index contributed by atoms with van der Waals surface area (Å²) in [5.41, 5.74) is 6.44. The van der Waals surface area contributed by atoms with Gasteiger partial charge in [-0.05, 0) is 31.5 Å². The van der Waals surface area contributed by atoms with Gasteiger partial charge in [0.1, 0.15) is 11.6 Å². The fourth-order valence-electron chi connectivity index (χ4n) is 1.63. The molecule has 2 aromatic rings. The van der Waals surface area contributed by atoms with E-state index in [4.69, 9.17) is 10.5 Å². The Morgan fingerprint density at radius 3 is 2.88 bits per heavy atom. The second-order valence-electron chi connectivity index (χ2n) is 3.78. The van der Waals surface area contributed by atoms with Gasteiger partial charge in [0.2, 0.25) is 0 Å². The van der Waals surface area contributed by atoms with Crippen molar-refractivity contribution >= 4 is 0 Å². The molecule has 4 heteroatoms. The molecule has 90 valence electrons. The Morgan fingerprint density at radius 1 is 1.24 bits per heavy atom. The zero-order valence-electron chi connectivity index (χ0n) is 9.73. The number of unbranched alkanes of at least 4 members (excludes halogenated alkanes) is 1. The van der Waals surface area contributed by atoms with Crippen LogP contribution < -0.4 is 10.5 Å². The normalized spacial score (nSPS) is 10.4. The van der Waals surface area contributed by atoms with Gasteiger partial charge in [-0.1, -0.05) is 12.1 Å². The maximum Gasteiger partial charge on any atom is 0.141 e. The summed E-state index contributed by atoms with van der Waals surface area (Å²) < 4.78 is 5.75. The van der Waals surface area contributed by atoms with Crippen LogP contribution in [-0.2, 0) is 0 Å². The molecule has 0 aliphatic carbocycles. The highest BCUT2D eigenvalue weighted by atomic mass is 16.5. The molecule has 2 rings (SSSR count). The van der Waals surface area contributed by atoms with Crippen LogP contribution in [0, 0.1) is 0 Å². The molecule has 17 heavy (non-hydrogen) atoms. The van der Waals surface area contributed by atoms with Gasteiger partial charge in [0.25, 0.3) is 0 Å². The summed E-state index contributed by atoms with van der Waals surface area (Å²) in [5.74, 6) is 1.69. The van der Waals surface area contributed by atoms with E-state index < -0.39 is 0 Å². The van der Waals surface area contributed by atoms with E-state index in [2.05, 4.69) is 9.97 Å². The molecular formula is C13H17N3O. The Morgan fingerprint density at radius 2 is 2.12 bits per heavy atom. The third kappa shape index (κ3) is 3.07. The van der Waals surface area contributed by atoms with Gasteiger partial charge in [-0.25, -0.2) is 4.98 Å². The van der Waals surface area contributed by atoms with Crippen molar-refractivity contribution in [2.75, 3.05) is 13.2 Å².